The van der Waals surface area contributed by atoms with Crippen molar-refractivity contribution in [3.63, 3.8) is 0 Å². The second-order valence-corrected chi connectivity index (χ2v) is 8.13. The van der Waals surface area contributed by atoms with Crippen LogP contribution in [0.15, 0.2) is 23.1 Å². The fourth-order valence-electron chi connectivity index (χ4n) is 2.94. The topological polar surface area (TPSA) is 57.7 Å². The van der Waals surface area contributed by atoms with Crippen molar-refractivity contribution in [1.29, 1.82) is 0 Å². The molecule has 0 radical (unpaired) electrons. The molecule has 1 aliphatic heterocycles. The van der Waals surface area contributed by atoms with Crippen molar-refractivity contribution in [3.05, 3.63) is 29.0 Å². The summed E-state index contributed by atoms with van der Waals surface area (Å²) < 4.78 is 40.1. The lowest BCUT2D eigenvalue weighted by Crippen LogP contribution is -2.46. The van der Waals surface area contributed by atoms with Crippen LogP contribution in [0.1, 0.15) is 26.7 Å². The minimum absolute atomic E-state index is 0.0166. The summed E-state index contributed by atoms with van der Waals surface area (Å²) in [4.78, 5) is 14.2. The van der Waals surface area contributed by atoms with E-state index in [0.29, 0.717) is 32.5 Å². The number of nitrogens with zero attached hydrogens (tertiary/aromatic N) is 2. The minimum Gasteiger partial charge on any atom is -0.343 e. The molecule has 0 spiro atoms. The zero-order chi connectivity index (χ0) is 17.9. The lowest BCUT2D eigenvalue weighted by atomic mass is 9.98. The van der Waals surface area contributed by atoms with Crippen molar-refractivity contribution < 1.29 is 17.6 Å². The number of piperidine rings is 1. The highest BCUT2D eigenvalue weighted by atomic mass is 35.5. The van der Waals surface area contributed by atoms with Crippen molar-refractivity contribution in [3.8, 4) is 0 Å². The predicted octanol–water partition coefficient (Wildman–Crippen LogP) is 2.75. The average Bonchev–Trinajstić information content (AvgIpc) is 2.58. The van der Waals surface area contributed by atoms with Crippen LogP contribution in [0.3, 0.4) is 0 Å². The molecule has 1 saturated heterocycles. The second-order valence-electron chi connectivity index (χ2n) is 5.79. The molecular formula is C16H22ClFN2O3S. The summed E-state index contributed by atoms with van der Waals surface area (Å²) in [7, 11) is -3.80. The van der Waals surface area contributed by atoms with Gasteiger partial charge in [-0.2, -0.15) is 4.31 Å². The molecule has 1 atom stereocenters. The van der Waals surface area contributed by atoms with Crippen LogP contribution in [0.5, 0.6) is 0 Å². The summed E-state index contributed by atoms with van der Waals surface area (Å²) in [6.07, 6.45) is 1.29. The number of hydrogen-bond donors (Lipinski definition) is 0. The molecule has 2 rings (SSSR count). The van der Waals surface area contributed by atoms with E-state index in [9.17, 15) is 17.6 Å². The second kappa shape index (κ2) is 7.80. The number of carbonyl (C=O) groups is 1. The molecule has 134 valence electrons. The Morgan fingerprint density at radius 2 is 2.04 bits per heavy atom. The van der Waals surface area contributed by atoms with Gasteiger partial charge >= 0.3 is 0 Å². The summed E-state index contributed by atoms with van der Waals surface area (Å²) in [5.41, 5.74) is 0. The van der Waals surface area contributed by atoms with Gasteiger partial charge in [0.1, 0.15) is 5.82 Å². The van der Waals surface area contributed by atoms with Gasteiger partial charge in [0.25, 0.3) is 0 Å². The SMILES string of the molecule is CCN(CC)C(=O)C1CCCN(S(=O)(=O)c2ccc(F)c(Cl)c2)C1. The Hall–Kier alpha value is -1.18. The maximum absolute atomic E-state index is 13.3. The summed E-state index contributed by atoms with van der Waals surface area (Å²) in [5.74, 6) is -1.02. The Kier molecular flexibility index (Phi) is 6.22. The van der Waals surface area contributed by atoms with Crippen LogP contribution in [-0.2, 0) is 14.8 Å². The number of sulfonamides is 1. The first kappa shape index (κ1) is 19.1. The van der Waals surface area contributed by atoms with Gasteiger partial charge in [0.2, 0.25) is 15.9 Å². The van der Waals surface area contributed by atoms with E-state index in [1.165, 1.54) is 10.4 Å². The van der Waals surface area contributed by atoms with E-state index in [4.69, 9.17) is 11.6 Å². The summed E-state index contributed by atoms with van der Waals surface area (Å²) in [5, 5.41) is -0.233. The van der Waals surface area contributed by atoms with Crippen LogP contribution in [0.4, 0.5) is 4.39 Å². The van der Waals surface area contributed by atoms with E-state index in [1.54, 1.807) is 4.90 Å². The first-order valence-electron chi connectivity index (χ1n) is 8.05. The maximum Gasteiger partial charge on any atom is 0.243 e. The number of hydrogen-bond acceptors (Lipinski definition) is 3. The third kappa shape index (κ3) is 3.90. The lowest BCUT2D eigenvalue weighted by Gasteiger charge is -2.33. The normalized spacial score (nSPS) is 19.2. The smallest absolute Gasteiger partial charge is 0.243 e. The largest absolute Gasteiger partial charge is 0.343 e. The first-order chi connectivity index (χ1) is 11.3. The Bertz CT molecular complexity index is 707. The molecule has 1 heterocycles. The van der Waals surface area contributed by atoms with Gasteiger partial charge in [-0.1, -0.05) is 11.6 Å². The van der Waals surface area contributed by atoms with Crippen molar-refractivity contribution in [2.75, 3.05) is 26.2 Å². The first-order valence-corrected chi connectivity index (χ1v) is 9.87. The number of carbonyl (C=O) groups excluding carboxylic acids is 1. The Labute approximate surface area is 147 Å². The van der Waals surface area contributed by atoms with E-state index in [2.05, 4.69) is 0 Å². The van der Waals surface area contributed by atoms with Crippen LogP contribution in [0.25, 0.3) is 0 Å². The third-order valence-electron chi connectivity index (χ3n) is 4.34. The molecule has 1 fully saturated rings. The molecule has 24 heavy (non-hydrogen) atoms. The number of rotatable bonds is 5. The average molecular weight is 377 g/mol. The van der Waals surface area contributed by atoms with E-state index in [1.807, 2.05) is 13.8 Å². The summed E-state index contributed by atoms with van der Waals surface area (Å²) in [6.45, 7) is 5.50. The van der Waals surface area contributed by atoms with Crippen LogP contribution in [0.2, 0.25) is 5.02 Å². The van der Waals surface area contributed by atoms with Crippen LogP contribution >= 0.6 is 11.6 Å². The Balaban J connectivity index is 2.21. The van der Waals surface area contributed by atoms with Crippen molar-refractivity contribution in [2.45, 2.75) is 31.6 Å². The van der Waals surface area contributed by atoms with E-state index >= 15 is 0 Å². The van der Waals surface area contributed by atoms with E-state index in [-0.39, 0.29) is 28.3 Å². The Morgan fingerprint density at radius 3 is 2.62 bits per heavy atom. The molecule has 0 N–H and O–H groups in total. The molecule has 0 aliphatic carbocycles. The zero-order valence-electron chi connectivity index (χ0n) is 13.8. The molecule has 5 nitrogen and oxygen atoms in total. The molecule has 1 amide bonds. The van der Waals surface area contributed by atoms with Gasteiger partial charge in [0, 0.05) is 26.2 Å². The number of benzene rings is 1. The molecule has 1 aliphatic rings. The molecule has 1 unspecified atom stereocenters. The van der Waals surface area contributed by atoms with Gasteiger partial charge in [0.05, 0.1) is 15.8 Å². The summed E-state index contributed by atoms with van der Waals surface area (Å²) in [6, 6.07) is 3.35. The third-order valence-corrected chi connectivity index (χ3v) is 6.49. The monoisotopic (exact) mass is 376 g/mol. The van der Waals surface area contributed by atoms with Gasteiger partial charge in [-0.25, -0.2) is 12.8 Å². The predicted molar refractivity (Wildman–Crippen MR) is 90.8 cm³/mol. The molecule has 0 aromatic heterocycles. The van der Waals surface area contributed by atoms with Gasteiger partial charge < -0.3 is 4.90 Å². The van der Waals surface area contributed by atoms with Crippen molar-refractivity contribution in [2.24, 2.45) is 5.92 Å². The molecule has 0 bridgehead atoms. The Morgan fingerprint density at radius 1 is 1.38 bits per heavy atom. The molecule has 0 saturated carbocycles. The van der Waals surface area contributed by atoms with Crippen molar-refractivity contribution in [1.82, 2.24) is 9.21 Å². The maximum atomic E-state index is 13.3. The number of halogens is 2. The van der Waals surface area contributed by atoms with Gasteiger partial charge in [-0.3, -0.25) is 4.79 Å². The van der Waals surface area contributed by atoms with Gasteiger partial charge in [0.15, 0.2) is 0 Å². The fourth-order valence-corrected chi connectivity index (χ4v) is 4.74. The quantitative estimate of drug-likeness (QED) is 0.794. The number of amides is 1. The highest BCUT2D eigenvalue weighted by molar-refractivity contribution is 7.89. The highest BCUT2D eigenvalue weighted by Crippen LogP contribution is 2.27. The highest BCUT2D eigenvalue weighted by Gasteiger charge is 2.34. The van der Waals surface area contributed by atoms with Crippen LogP contribution in [0, 0.1) is 11.7 Å². The van der Waals surface area contributed by atoms with Crippen molar-refractivity contribution >= 4 is 27.5 Å². The fraction of sp³-hybridized carbons (Fsp3) is 0.562. The van der Waals surface area contributed by atoms with Crippen LogP contribution in [-0.4, -0.2) is 49.7 Å². The molecule has 8 heteroatoms. The zero-order valence-corrected chi connectivity index (χ0v) is 15.4. The molecular weight excluding hydrogens is 355 g/mol. The minimum atomic E-state index is -3.80. The molecule has 1 aromatic carbocycles. The lowest BCUT2D eigenvalue weighted by molar-refractivity contribution is -0.136. The van der Waals surface area contributed by atoms with E-state index in [0.717, 1.165) is 12.1 Å². The van der Waals surface area contributed by atoms with Gasteiger partial charge in [-0.15, -0.1) is 0 Å². The van der Waals surface area contributed by atoms with Crippen LogP contribution < -0.4 is 0 Å². The van der Waals surface area contributed by atoms with E-state index < -0.39 is 15.8 Å². The summed E-state index contributed by atoms with van der Waals surface area (Å²) >= 11 is 5.70. The molecule has 1 aromatic rings. The standard InChI is InChI=1S/C16H22ClFN2O3S/c1-3-19(4-2)16(21)12-6-5-9-20(11-12)24(22,23)13-7-8-15(18)14(17)10-13/h7-8,10,12H,3-6,9,11H2,1-2H3. The van der Waals surface area contributed by atoms with Gasteiger partial charge in [-0.05, 0) is 44.9 Å².